The van der Waals surface area contributed by atoms with Gasteiger partial charge in [-0.3, -0.25) is 9.10 Å². The molecule has 0 radical (unpaired) electrons. The van der Waals surface area contributed by atoms with E-state index >= 15 is 0 Å². The first-order valence-corrected chi connectivity index (χ1v) is 12.9. The second kappa shape index (κ2) is 11.0. The maximum atomic E-state index is 13.8. The standard InChI is InChI=1S/C29H27N3O3S/c1-22-17-19-25(20-18-22)23(2)30-31-29(33)27-15-9-10-16-28(27)32(21-24-11-5-3-6-12-24)36(34,35)26-13-7-4-8-14-26/h3-20H,21H2,1-2H3,(H,31,33)/b30-23-. The molecule has 0 saturated heterocycles. The van der Waals surface area contributed by atoms with Gasteiger partial charge < -0.3 is 0 Å². The highest BCUT2D eigenvalue weighted by Gasteiger charge is 2.28. The maximum absolute atomic E-state index is 13.8. The van der Waals surface area contributed by atoms with Gasteiger partial charge in [0, 0.05) is 0 Å². The molecule has 4 rings (SSSR count). The molecule has 4 aromatic rings. The number of nitrogens with zero attached hydrogens (tertiary/aromatic N) is 2. The maximum Gasteiger partial charge on any atom is 0.273 e. The zero-order valence-electron chi connectivity index (χ0n) is 20.1. The van der Waals surface area contributed by atoms with Gasteiger partial charge in [-0.2, -0.15) is 5.10 Å². The van der Waals surface area contributed by atoms with Crippen molar-refractivity contribution >= 4 is 27.3 Å². The van der Waals surface area contributed by atoms with Crippen molar-refractivity contribution in [3.8, 4) is 0 Å². The Hall–Kier alpha value is -4.23. The van der Waals surface area contributed by atoms with E-state index in [1.165, 1.54) is 4.31 Å². The number of rotatable bonds is 8. The molecule has 4 aromatic carbocycles. The second-order valence-electron chi connectivity index (χ2n) is 8.33. The summed E-state index contributed by atoms with van der Waals surface area (Å²) in [5.41, 5.74) is 6.50. The van der Waals surface area contributed by atoms with E-state index in [2.05, 4.69) is 10.5 Å². The monoisotopic (exact) mass is 497 g/mol. The highest BCUT2D eigenvalue weighted by molar-refractivity contribution is 7.92. The zero-order chi connectivity index (χ0) is 25.5. The summed E-state index contributed by atoms with van der Waals surface area (Å²) in [5, 5.41) is 4.25. The molecule has 0 aliphatic rings. The van der Waals surface area contributed by atoms with Crippen LogP contribution in [0.2, 0.25) is 0 Å². The van der Waals surface area contributed by atoms with Crippen molar-refractivity contribution in [3.05, 3.63) is 131 Å². The summed E-state index contributed by atoms with van der Waals surface area (Å²) in [6, 6.07) is 31.9. The topological polar surface area (TPSA) is 78.8 Å². The predicted molar refractivity (Wildman–Crippen MR) is 144 cm³/mol. The van der Waals surface area contributed by atoms with Crippen LogP contribution in [0.1, 0.15) is 34.0 Å². The van der Waals surface area contributed by atoms with Crippen molar-refractivity contribution in [1.29, 1.82) is 0 Å². The number of hydrogen-bond acceptors (Lipinski definition) is 4. The molecule has 0 unspecified atom stereocenters. The molecule has 6 nitrogen and oxygen atoms in total. The first kappa shape index (κ1) is 24.9. The predicted octanol–water partition coefficient (Wildman–Crippen LogP) is 5.54. The van der Waals surface area contributed by atoms with Gasteiger partial charge in [0.2, 0.25) is 0 Å². The quantitative estimate of drug-likeness (QED) is 0.256. The summed E-state index contributed by atoms with van der Waals surface area (Å²) in [6.45, 7) is 3.87. The lowest BCUT2D eigenvalue weighted by atomic mass is 10.1. The van der Waals surface area contributed by atoms with Crippen LogP contribution in [0.3, 0.4) is 0 Å². The van der Waals surface area contributed by atoms with Gasteiger partial charge in [0.15, 0.2) is 0 Å². The van der Waals surface area contributed by atoms with Crippen LogP contribution < -0.4 is 9.73 Å². The molecule has 0 bridgehead atoms. The number of nitrogens with one attached hydrogen (secondary N) is 1. The number of hydrazone groups is 1. The number of carbonyl (C=O) groups is 1. The van der Waals surface area contributed by atoms with E-state index in [4.69, 9.17) is 0 Å². The fourth-order valence-corrected chi connectivity index (χ4v) is 5.20. The van der Waals surface area contributed by atoms with Crippen molar-refractivity contribution in [2.24, 2.45) is 5.10 Å². The third kappa shape index (κ3) is 5.70. The minimum Gasteiger partial charge on any atom is -0.267 e. The van der Waals surface area contributed by atoms with Crippen molar-refractivity contribution < 1.29 is 13.2 Å². The Balaban J connectivity index is 1.71. The average molecular weight is 498 g/mol. The number of hydrogen-bond donors (Lipinski definition) is 1. The Bertz CT molecular complexity index is 1470. The number of para-hydroxylation sites is 1. The Kier molecular flexibility index (Phi) is 7.61. The second-order valence-corrected chi connectivity index (χ2v) is 10.2. The lowest BCUT2D eigenvalue weighted by Gasteiger charge is -2.26. The van der Waals surface area contributed by atoms with Crippen molar-refractivity contribution in [2.45, 2.75) is 25.3 Å². The van der Waals surface area contributed by atoms with Gasteiger partial charge in [0.05, 0.1) is 28.4 Å². The van der Waals surface area contributed by atoms with Crippen LogP contribution in [0.4, 0.5) is 5.69 Å². The summed E-state index contributed by atoms with van der Waals surface area (Å²) in [6.07, 6.45) is 0. The fraction of sp³-hybridized carbons (Fsp3) is 0.103. The molecule has 0 saturated carbocycles. The van der Waals surface area contributed by atoms with E-state index in [-0.39, 0.29) is 22.7 Å². The molecular weight excluding hydrogens is 470 g/mol. The van der Waals surface area contributed by atoms with Gasteiger partial charge in [-0.05, 0) is 49.2 Å². The first-order chi connectivity index (χ1) is 17.4. The Morgan fingerprint density at radius 3 is 2.06 bits per heavy atom. The molecule has 0 fully saturated rings. The average Bonchev–Trinajstić information content (AvgIpc) is 2.91. The van der Waals surface area contributed by atoms with Crippen LogP contribution in [-0.4, -0.2) is 20.0 Å². The van der Waals surface area contributed by atoms with E-state index in [0.717, 1.165) is 16.7 Å². The van der Waals surface area contributed by atoms with Gasteiger partial charge in [0.1, 0.15) is 0 Å². The SMILES string of the molecule is C/C(=N/NC(=O)c1ccccc1N(Cc1ccccc1)S(=O)(=O)c1ccccc1)c1ccc(C)cc1. The summed E-state index contributed by atoms with van der Waals surface area (Å²) in [5.74, 6) is -0.501. The zero-order valence-corrected chi connectivity index (χ0v) is 20.9. The lowest BCUT2D eigenvalue weighted by molar-refractivity contribution is 0.0955. The molecule has 0 spiro atoms. The van der Waals surface area contributed by atoms with Gasteiger partial charge in [0.25, 0.3) is 15.9 Å². The number of sulfonamides is 1. The Morgan fingerprint density at radius 2 is 1.39 bits per heavy atom. The van der Waals surface area contributed by atoms with Crippen LogP contribution in [0.25, 0.3) is 0 Å². The van der Waals surface area contributed by atoms with Gasteiger partial charge >= 0.3 is 0 Å². The molecular formula is C29H27N3O3S. The normalized spacial score (nSPS) is 11.7. The van der Waals surface area contributed by atoms with E-state index in [1.807, 2.05) is 61.5 Å². The molecule has 1 N–H and O–H groups in total. The molecule has 0 heterocycles. The summed E-state index contributed by atoms with van der Waals surface area (Å²) >= 11 is 0. The summed E-state index contributed by atoms with van der Waals surface area (Å²) in [4.78, 5) is 13.4. The highest BCUT2D eigenvalue weighted by atomic mass is 32.2. The summed E-state index contributed by atoms with van der Waals surface area (Å²) < 4.78 is 28.8. The van der Waals surface area contributed by atoms with Gasteiger partial charge in [-0.25, -0.2) is 13.8 Å². The van der Waals surface area contributed by atoms with Gasteiger partial charge in [-0.1, -0.05) is 90.5 Å². The minimum atomic E-state index is -3.97. The van der Waals surface area contributed by atoms with Crippen molar-refractivity contribution in [1.82, 2.24) is 5.43 Å². The summed E-state index contributed by atoms with van der Waals surface area (Å²) in [7, 11) is -3.97. The number of aryl methyl sites for hydroxylation is 1. The minimum absolute atomic E-state index is 0.0635. The Labute approximate surface area is 212 Å². The van der Waals surface area contributed by atoms with Crippen molar-refractivity contribution in [3.63, 3.8) is 0 Å². The number of anilines is 1. The van der Waals surface area contributed by atoms with Crippen LogP contribution in [-0.2, 0) is 16.6 Å². The molecule has 0 aliphatic carbocycles. The third-order valence-corrected chi connectivity index (χ3v) is 7.49. The van der Waals surface area contributed by atoms with E-state index < -0.39 is 15.9 Å². The molecule has 182 valence electrons. The number of amides is 1. The Morgan fingerprint density at radius 1 is 0.806 bits per heavy atom. The molecule has 0 aliphatic heterocycles. The molecule has 7 heteroatoms. The largest absolute Gasteiger partial charge is 0.273 e. The molecule has 0 atom stereocenters. The van der Waals surface area contributed by atoms with E-state index in [1.54, 1.807) is 61.5 Å². The fourth-order valence-electron chi connectivity index (χ4n) is 3.71. The van der Waals surface area contributed by atoms with Crippen LogP contribution in [0.15, 0.2) is 119 Å². The first-order valence-electron chi connectivity index (χ1n) is 11.5. The molecule has 36 heavy (non-hydrogen) atoms. The molecule has 0 aromatic heterocycles. The number of benzene rings is 4. The molecule has 1 amide bonds. The van der Waals surface area contributed by atoms with Gasteiger partial charge in [-0.15, -0.1) is 0 Å². The third-order valence-electron chi connectivity index (χ3n) is 5.71. The smallest absolute Gasteiger partial charge is 0.267 e. The van der Waals surface area contributed by atoms with Crippen LogP contribution >= 0.6 is 0 Å². The van der Waals surface area contributed by atoms with E-state index in [0.29, 0.717) is 5.71 Å². The van der Waals surface area contributed by atoms with Crippen LogP contribution in [0, 0.1) is 6.92 Å². The van der Waals surface area contributed by atoms with Crippen LogP contribution in [0.5, 0.6) is 0 Å². The van der Waals surface area contributed by atoms with Crippen molar-refractivity contribution in [2.75, 3.05) is 4.31 Å². The van der Waals surface area contributed by atoms with E-state index in [9.17, 15) is 13.2 Å². The number of carbonyl (C=O) groups excluding carboxylic acids is 1. The highest BCUT2D eigenvalue weighted by Crippen LogP contribution is 2.29. The lowest BCUT2D eigenvalue weighted by Crippen LogP contribution is -2.33.